The van der Waals surface area contributed by atoms with Crippen LogP contribution in [0.2, 0.25) is 0 Å². The molecule has 1 aromatic rings. The minimum absolute atomic E-state index is 0.361. The Morgan fingerprint density at radius 1 is 1.44 bits per heavy atom. The maximum Gasteiger partial charge on any atom is 0.138 e. The first-order valence-electron chi connectivity index (χ1n) is 6.76. The van der Waals surface area contributed by atoms with Gasteiger partial charge in [-0.3, -0.25) is 0 Å². The summed E-state index contributed by atoms with van der Waals surface area (Å²) in [4.78, 5) is 4.21. The molecule has 1 aromatic heterocycles. The lowest BCUT2D eigenvalue weighted by molar-refractivity contribution is 0.113. The summed E-state index contributed by atoms with van der Waals surface area (Å²) < 4.78 is 7.14. The molecule has 0 bridgehead atoms. The largest absolute Gasteiger partial charge is 0.393 e. The van der Waals surface area contributed by atoms with Crippen molar-refractivity contribution in [2.45, 2.75) is 52.7 Å². The molecule has 0 amide bonds. The fraction of sp³-hybridized carbons (Fsp3) is 0.846. The third kappa shape index (κ3) is 5.60. The number of ether oxygens (including phenoxy) is 1. The predicted octanol–water partition coefficient (Wildman–Crippen LogP) is 1.65. The highest BCUT2D eigenvalue weighted by Crippen LogP contribution is 2.07. The summed E-state index contributed by atoms with van der Waals surface area (Å²) in [5, 5.41) is 14.1. The zero-order valence-electron chi connectivity index (χ0n) is 11.7. The van der Waals surface area contributed by atoms with Crippen LogP contribution in [0.25, 0.3) is 0 Å². The van der Waals surface area contributed by atoms with Crippen molar-refractivity contribution in [2.75, 3.05) is 13.2 Å². The molecule has 0 spiro atoms. The average molecular weight is 255 g/mol. The van der Waals surface area contributed by atoms with Crippen molar-refractivity contribution in [3.8, 4) is 0 Å². The van der Waals surface area contributed by atoms with Crippen molar-refractivity contribution in [1.29, 1.82) is 0 Å². The third-order valence-corrected chi connectivity index (χ3v) is 2.68. The highest BCUT2D eigenvalue weighted by molar-refractivity contribution is 4.87. The number of aliphatic hydroxyl groups is 1. The molecular weight excluding hydrogens is 230 g/mol. The maximum absolute atomic E-state index is 9.94. The molecule has 0 saturated heterocycles. The van der Waals surface area contributed by atoms with Crippen molar-refractivity contribution < 1.29 is 9.84 Å². The molecule has 18 heavy (non-hydrogen) atoms. The fourth-order valence-electron chi connectivity index (χ4n) is 1.82. The monoisotopic (exact) mass is 255 g/mol. The second kappa shape index (κ2) is 8.21. The van der Waals surface area contributed by atoms with Crippen LogP contribution in [0.3, 0.4) is 0 Å². The van der Waals surface area contributed by atoms with E-state index in [4.69, 9.17) is 4.74 Å². The first kappa shape index (κ1) is 15.1. The van der Waals surface area contributed by atoms with Crippen molar-refractivity contribution in [3.05, 3.63) is 12.2 Å². The van der Waals surface area contributed by atoms with Crippen LogP contribution in [0.15, 0.2) is 6.33 Å². The van der Waals surface area contributed by atoms with E-state index in [-0.39, 0.29) is 6.10 Å². The summed E-state index contributed by atoms with van der Waals surface area (Å²) >= 11 is 0. The van der Waals surface area contributed by atoms with E-state index in [1.807, 2.05) is 11.6 Å². The molecule has 0 aliphatic carbocycles. The average Bonchev–Trinajstić information content (AvgIpc) is 2.71. The van der Waals surface area contributed by atoms with Crippen LogP contribution in [-0.2, 0) is 17.7 Å². The molecule has 1 rings (SSSR count). The van der Waals surface area contributed by atoms with Crippen LogP contribution in [0.4, 0.5) is 0 Å². The van der Waals surface area contributed by atoms with Gasteiger partial charge in [0.1, 0.15) is 12.2 Å². The topological polar surface area (TPSA) is 60.2 Å². The molecule has 104 valence electrons. The van der Waals surface area contributed by atoms with Gasteiger partial charge in [0.2, 0.25) is 0 Å². The van der Waals surface area contributed by atoms with Crippen molar-refractivity contribution >= 4 is 0 Å². The van der Waals surface area contributed by atoms with Gasteiger partial charge in [0.15, 0.2) is 0 Å². The molecule has 0 aliphatic heterocycles. The Hall–Kier alpha value is -0.940. The normalized spacial score (nSPS) is 13.2. The smallest absolute Gasteiger partial charge is 0.138 e. The zero-order chi connectivity index (χ0) is 13.4. The Balaban J connectivity index is 2.34. The summed E-state index contributed by atoms with van der Waals surface area (Å²) in [6.45, 7) is 8.56. The van der Waals surface area contributed by atoms with Gasteiger partial charge in [0.25, 0.3) is 0 Å². The number of aromatic nitrogens is 3. The van der Waals surface area contributed by atoms with Crippen LogP contribution in [0.5, 0.6) is 0 Å². The second-order valence-electron chi connectivity index (χ2n) is 4.95. The standard InChI is InChI=1S/C13H25N3O2/c1-4-18-7-5-6-12(17)8-13-14-10-15-16(13)9-11(2)3/h10-12,17H,4-9H2,1-3H3. The molecule has 0 radical (unpaired) electrons. The van der Waals surface area contributed by atoms with E-state index >= 15 is 0 Å². The van der Waals surface area contributed by atoms with E-state index in [1.165, 1.54) is 0 Å². The quantitative estimate of drug-likeness (QED) is 0.682. The van der Waals surface area contributed by atoms with Crippen LogP contribution >= 0.6 is 0 Å². The minimum Gasteiger partial charge on any atom is -0.393 e. The Bertz CT molecular complexity index is 326. The molecule has 5 heteroatoms. The van der Waals surface area contributed by atoms with Crippen LogP contribution in [0.1, 0.15) is 39.4 Å². The summed E-state index contributed by atoms with van der Waals surface area (Å²) in [7, 11) is 0. The summed E-state index contributed by atoms with van der Waals surface area (Å²) in [6, 6.07) is 0. The van der Waals surface area contributed by atoms with Crippen molar-refractivity contribution in [2.24, 2.45) is 5.92 Å². The van der Waals surface area contributed by atoms with Gasteiger partial charge in [-0.05, 0) is 25.7 Å². The Labute approximate surface area is 109 Å². The maximum atomic E-state index is 9.94. The highest BCUT2D eigenvalue weighted by atomic mass is 16.5. The molecular formula is C13H25N3O2. The molecule has 5 nitrogen and oxygen atoms in total. The van der Waals surface area contributed by atoms with Gasteiger partial charge in [-0.15, -0.1) is 0 Å². The highest BCUT2D eigenvalue weighted by Gasteiger charge is 2.11. The second-order valence-corrected chi connectivity index (χ2v) is 4.95. The van der Waals surface area contributed by atoms with Gasteiger partial charge in [0.05, 0.1) is 6.10 Å². The van der Waals surface area contributed by atoms with Crippen molar-refractivity contribution in [1.82, 2.24) is 14.8 Å². The molecule has 0 saturated carbocycles. The first-order valence-corrected chi connectivity index (χ1v) is 6.76. The Morgan fingerprint density at radius 3 is 2.89 bits per heavy atom. The summed E-state index contributed by atoms with van der Waals surface area (Å²) in [6.07, 6.45) is 3.39. The van der Waals surface area contributed by atoms with Gasteiger partial charge >= 0.3 is 0 Å². The van der Waals surface area contributed by atoms with Crippen LogP contribution < -0.4 is 0 Å². The molecule has 0 aromatic carbocycles. The lowest BCUT2D eigenvalue weighted by atomic mass is 10.1. The van der Waals surface area contributed by atoms with Gasteiger partial charge in [-0.25, -0.2) is 9.67 Å². The fourth-order valence-corrected chi connectivity index (χ4v) is 1.82. The SMILES string of the molecule is CCOCCCC(O)Cc1ncnn1CC(C)C. The number of nitrogens with zero attached hydrogens (tertiary/aromatic N) is 3. The lowest BCUT2D eigenvalue weighted by Gasteiger charge is -2.12. The lowest BCUT2D eigenvalue weighted by Crippen LogP contribution is -2.17. The Morgan fingerprint density at radius 2 is 2.22 bits per heavy atom. The molecule has 1 heterocycles. The molecule has 0 aliphatic rings. The van der Waals surface area contributed by atoms with Crippen LogP contribution in [-0.4, -0.2) is 39.2 Å². The van der Waals surface area contributed by atoms with E-state index in [0.717, 1.165) is 31.8 Å². The van der Waals surface area contributed by atoms with Crippen LogP contribution in [0, 0.1) is 5.92 Å². The molecule has 1 unspecified atom stereocenters. The third-order valence-electron chi connectivity index (χ3n) is 2.68. The number of hydrogen-bond acceptors (Lipinski definition) is 4. The van der Waals surface area contributed by atoms with E-state index in [9.17, 15) is 5.11 Å². The Kier molecular flexibility index (Phi) is 6.90. The number of rotatable bonds is 9. The predicted molar refractivity (Wildman–Crippen MR) is 70.3 cm³/mol. The van der Waals surface area contributed by atoms with E-state index in [1.54, 1.807) is 6.33 Å². The summed E-state index contributed by atoms with van der Waals surface area (Å²) in [5.41, 5.74) is 0. The first-order chi connectivity index (χ1) is 8.63. The molecule has 0 fully saturated rings. The number of aliphatic hydroxyl groups excluding tert-OH is 1. The van der Waals surface area contributed by atoms with E-state index in [0.29, 0.717) is 18.9 Å². The van der Waals surface area contributed by atoms with Gasteiger partial charge in [-0.1, -0.05) is 13.8 Å². The summed E-state index contributed by atoms with van der Waals surface area (Å²) in [5.74, 6) is 1.40. The molecule has 1 N–H and O–H groups in total. The number of hydrogen-bond donors (Lipinski definition) is 1. The zero-order valence-corrected chi connectivity index (χ0v) is 11.7. The van der Waals surface area contributed by atoms with E-state index < -0.39 is 0 Å². The van der Waals surface area contributed by atoms with Gasteiger partial charge in [0, 0.05) is 26.2 Å². The van der Waals surface area contributed by atoms with Gasteiger partial charge in [-0.2, -0.15) is 5.10 Å². The molecule has 1 atom stereocenters. The minimum atomic E-state index is -0.361. The van der Waals surface area contributed by atoms with Crippen molar-refractivity contribution in [3.63, 3.8) is 0 Å². The van der Waals surface area contributed by atoms with E-state index in [2.05, 4.69) is 23.9 Å². The van der Waals surface area contributed by atoms with Gasteiger partial charge < -0.3 is 9.84 Å².